The highest BCUT2D eigenvalue weighted by Crippen LogP contribution is 2.29. The van der Waals surface area contributed by atoms with Crippen LogP contribution in [0.2, 0.25) is 0 Å². The smallest absolute Gasteiger partial charge is 0.331 e. The molecule has 0 aliphatic heterocycles. The van der Waals surface area contributed by atoms with Crippen molar-refractivity contribution in [3.63, 3.8) is 0 Å². The van der Waals surface area contributed by atoms with Gasteiger partial charge in [0, 0.05) is 12.0 Å². The summed E-state index contributed by atoms with van der Waals surface area (Å²) in [6, 6.07) is 4.92. The first kappa shape index (κ1) is 15.8. The first-order chi connectivity index (χ1) is 9.47. The number of carbonyl (C=O) groups is 2. The monoisotopic (exact) mass is 278 g/mol. The molecule has 0 heterocycles. The summed E-state index contributed by atoms with van der Waals surface area (Å²) in [7, 11) is 0. The van der Waals surface area contributed by atoms with E-state index < -0.39 is 5.97 Å². The zero-order chi connectivity index (χ0) is 15.1. The molecule has 0 aliphatic rings. The number of esters is 1. The van der Waals surface area contributed by atoms with Gasteiger partial charge >= 0.3 is 11.9 Å². The summed E-state index contributed by atoms with van der Waals surface area (Å²) in [5.41, 5.74) is 0.885. The molecule has 108 valence electrons. The van der Waals surface area contributed by atoms with Gasteiger partial charge in [-0.3, -0.25) is 4.79 Å². The van der Waals surface area contributed by atoms with E-state index >= 15 is 0 Å². The number of rotatable bonds is 6. The molecule has 20 heavy (non-hydrogen) atoms. The highest BCUT2D eigenvalue weighted by molar-refractivity contribution is 5.91. The van der Waals surface area contributed by atoms with Gasteiger partial charge in [-0.05, 0) is 37.6 Å². The van der Waals surface area contributed by atoms with Crippen LogP contribution >= 0.6 is 0 Å². The molecule has 0 atom stereocenters. The number of aliphatic carboxylic acids is 1. The molecule has 1 N–H and O–H groups in total. The normalized spacial score (nSPS) is 11.1. The van der Waals surface area contributed by atoms with Crippen LogP contribution in [0, 0.1) is 0 Å². The molecule has 0 aliphatic carbocycles. The van der Waals surface area contributed by atoms with Crippen molar-refractivity contribution < 1.29 is 24.2 Å². The van der Waals surface area contributed by atoms with Crippen molar-refractivity contribution in [1.29, 1.82) is 0 Å². The second-order valence-corrected chi connectivity index (χ2v) is 4.10. The standard InChI is InChI=1S/C15H18O5/c1-4-14(16)20-12-7-6-11(8-10(3)15(17)18)9-13(12)19-5-2/h6-9H,4-5H2,1-3H3,(H,17,18)/b10-8+. The number of carboxylic acid groups (broad SMARTS) is 1. The molecule has 0 fully saturated rings. The number of hydrogen-bond donors (Lipinski definition) is 1. The van der Waals surface area contributed by atoms with E-state index in [1.807, 2.05) is 6.92 Å². The van der Waals surface area contributed by atoms with E-state index in [4.69, 9.17) is 14.6 Å². The van der Waals surface area contributed by atoms with E-state index in [0.29, 0.717) is 23.7 Å². The first-order valence-electron chi connectivity index (χ1n) is 6.37. The average molecular weight is 278 g/mol. The molecule has 5 heteroatoms. The zero-order valence-corrected chi connectivity index (χ0v) is 11.8. The van der Waals surface area contributed by atoms with Crippen LogP contribution in [0.25, 0.3) is 6.08 Å². The molecular formula is C15H18O5. The van der Waals surface area contributed by atoms with Crippen molar-refractivity contribution in [2.24, 2.45) is 0 Å². The SMILES string of the molecule is CCOc1cc(/C=C(\C)C(=O)O)ccc1OC(=O)CC. The minimum atomic E-state index is -0.982. The maximum atomic E-state index is 11.3. The van der Waals surface area contributed by atoms with E-state index in [1.165, 1.54) is 13.0 Å². The molecule has 1 aromatic rings. The Morgan fingerprint density at radius 1 is 1.25 bits per heavy atom. The van der Waals surface area contributed by atoms with Crippen LogP contribution in [0.15, 0.2) is 23.8 Å². The number of carboxylic acids is 1. The molecule has 0 saturated heterocycles. The number of ether oxygens (including phenoxy) is 2. The lowest BCUT2D eigenvalue weighted by atomic mass is 10.1. The number of hydrogen-bond acceptors (Lipinski definition) is 4. The van der Waals surface area contributed by atoms with Crippen LogP contribution in [-0.4, -0.2) is 23.7 Å². The molecule has 0 saturated carbocycles. The first-order valence-corrected chi connectivity index (χ1v) is 6.37. The van der Waals surface area contributed by atoms with E-state index in [1.54, 1.807) is 25.1 Å². The highest BCUT2D eigenvalue weighted by Gasteiger charge is 2.10. The van der Waals surface area contributed by atoms with Crippen LogP contribution in [0.4, 0.5) is 0 Å². The highest BCUT2D eigenvalue weighted by atomic mass is 16.6. The second-order valence-electron chi connectivity index (χ2n) is 4.10. The van der Waals surface area contributed by atoms with Gasteiger partial charge in [0.05, 0.1) is 6.61 Å². The van der Waals surface area contributed by atoms with Gasteiger partial charge in [0.1, 0.15) is 0 Å². The Balaban J connectivity index is 3.09. The van der Waals surface area contributed by atoms with E-state index in [0.717, 1.165) is 0 Å². The lowest BCUT2D eigenvalue weighted by Crippen LogP contribution is -2.07. The fraction of sp³-hybridized carbons (Fsp3) is 0.333. The quantitative estimate of drug-likeness (QED) is 0.492. The van der Waals surface area contributed by atoms with Crippen molar-refractivity contribution in [1.82, 2.24) is 0 Å². The van der Waals surface area contributed by atoms with Crippen LogP contribution < -0.4 is 9.47 Å². The molecule has 0 radical (unpaired) electrons. The van der Waals surface area contributed by atoms with Gasteiger partial charge in [0.2, 0.25) is 0 Å². The summed E-state index contributed by atoms with van der Waals surface area (Å²) in [6.07, 6.45) is 1.79. The van der Waals surface area contributed by atoms with Crippen LogP contribution in [0.1, 0.15) is 32.8 Å². The third-order valence-electron chi connectivity index (χ3n) is 2.50. The second kappa shape index (κ2) is 7.33. The molecule has 0 spiro atoms. The Morgan fingerprint density at radius 3 is 2.50 bits per heavy atom. The third-order valence-corrected chi connectivity index (χ3v) is 2.50. The Morgan fingerprint density at radius 2 is 1.95 bits per heavy atom. The lowest BCUT2D eigenvalue weighted by Gasteiger charge is -2.11. The predicted molar refractivity (Wildman–Crippen MR) is 74.8 cm³/mol. The van der Waals surface area contributed by atoms with E-state index in [9.17, 15) is 9.59 Å². The summed E-state index contributed by atoms with van der Waals surface area (Å²) in [5.74, 6) is -0.578. The van der Waals surface area contributed by atoms with Crippen LogP contribution in [0.5, 0.6) is 11.5 Å². The molecule has 0 bridgehead atoms. The Kier molecular flexibility index (Phi) is 5.77. The van der Waals surface area contributed by atoms with Crippen molar-refractivity contribution in [2.75, 3.05) is 6.61 Å². The van der Waals surface area contributed by atoms with Crippen LogP contribution in [-0.2, 0) is 9.59 Å². The molecule has 0 unspecified atom stereocenters. The van der Waals surface area contributed by atoms with Gasteiger partial charge in [-0.1, -0.05) is 13.0 Å². The summed E-state index contributed by atoms with van der Waals surface area (Å²) in [6.45, 7) is 5.45. The molecular weight excluding hydrogens is 260 g/mol. The van der Waals surface area contributed by atoms with Crippen LogP contribution in [0.3, 0.4) is 0 Å². The zero-order valence-electron chi connectivity index (χ0n) is 11.8. The topological polar surface area (TPSA) is 72.8 Å². The van der Waals surface area contributed by atoms with Crippen molar-refractivity contribution in [3.05, 3.63) is 29.3 Å². The Bertz CT molecular complexity index is 531. The van der Waals surface area contributed by atoms with Crippen molar-refractivity contribution in [2.45, 2.75) is 27.2 Å². The summed E-state index contributed by atoms with van der Waals surface area (Å²) >= 11 is 0. The molecule has 1 aromatic carbocycles. The summed E-state index contributed by atoms with van der Waals surface area (Å²) in [4.78, 5) is 22.1. The fourth-order valence-corrected chi connectivity index (χ4v) is 1.47. The molecule has 0 amide bonds. The van der Waals surface area contributed by atoms with Gasteiger partial charge in [0.15, 0.2) is 11.5 Å². The number of benzene rings is 1. The maximum Gasteiger partial charge on any atom is 0.331 e. The number of carbonyl (C=O) groups excluding carboxylic acids is 1. The minimum Gasteiger partial charge on any atom is -0.490 e. The van der Waals surface area contributed by atoms with Crippen molar-refractivity contribution in [3.8, 4) is 11.5 Å². The van der Waals surface area contributed by atoms with Crippen molar-refractivity contribution >= 4 is 18.0 Å². The average Bonchev–Trinajstić information content (AvgIpc) is 2.41. The van der Waals surface area contributed by atoms with Gasteiger partial charge in [-0.25, -0.2) is 4.79 Å². The Hall–Kier alpha value is -2.30. The summed E-state index contributed by atoms with van der Waals surface area (Å²) < 4.78 is 10.6. The molecule has 1 rings (SSSR count). The summed E-state index contributed by atoms with van der Waals surface area (Å²) in [5, 5.41) is 8.85. The maximum absolute atomic E-state index is 11.3. The predicted octanol–water partition coefficient (Wildman–Crippen LogP) is 2.89. The van der Waals surface area contributed by atoms with Gasteiger partial charge < -0.3 is 14.6 Å². The van der Waals surface area contributed by atoms with E-state index in [2.05, 4.69) is 0 Å². The van der Waals surface area contributed by atoms with Gasteiger partial charge in [-0.2, -0.15) is 0 Å². The lowest BCUT2D eigenvalue weighted by molar-refractivity contribution is -0.134. The molecule has 5 nitrogen and oxygen atoms in total. The fourth-order valence-electron chi connectivity index (χ4n) is 1.47. The largest absolute Gasteiger partial charge is 0.490 e. The van der Waals surface area contributed by atoms with Gasteiger partial charge in [0.25, 0.3) is 0 Å². The molecule has 0 aromatic heterocycles. The minimum absolute atomic E-state index is 0.214. The third kappa shape index (κ3) is 4.42. The Labute approximate surface area is 117 Å². The van der Waals surface area contributed by atoms with E-state index in [-0.39, 0.29) is 18.0 Å². The van der Waals surface area contributed by atoms with Gasteiger partial charge in [-0.15, -0.1) is 0 Å².